The number of hydrazone groups is 1. The summed E-state index contributed by atoms with van der Waals surface area (Å²) in [5.74, 6) is 1.43. The van der Waals surface area contributed by atoms with Crippen molar-refractivity contribution in [2.45, 2.75) is 51.1 Å². The molecule has 1 unspecified atom stereocenters. The quantitative estimate of drug-likeness (QED) is 0.630. The molecule has 30 heavy (non-hydrogen) atoms. The molecule has 0 bridgehead atoms. The maximum absolute atomic E-state index is 4.87. The Morgan fingerprint density at radius 1 is 1.30 bits per heavy atom. The summed E-state index contributed by atoms with van der Waals surface area (Å²) in [5.41, 5.74) is 2.39. The lowest BCUT2D eigenvalue weighted by Crippen LogP contribution is -2.46. The molecule has 3 aliphatic rings. The summed E-state index contributed by atoms with van der Waals surface area (Å²) < 4.78 is 0.739. The van der Waals surface area contributed by atoms with Crippen LogP contribution in [0, 0.1) is 5.92 Å². The van der Waals surface area contributed by atoms with Gasteiger partial charge in [0.1, 0.15) is 12.5 Å². The third kappa shape index (κ3) is 5.58. The van der Waals surface area contributed by atoms with Gasteiger partial charge < -0.3 is 5.32 Å². The number of hydrogen-bond acceptors (Lipinski definition) is 5. The fourth-order valence-corrected chi connectivity index (χ4v) is 4.75. The third-order valence-electron chi connectivity index (χ3n) is 6.20. The van der Waals surface area contributed by atoms with Gasteiger partial charge in [-0.25, -0.2) is 5.01 Å². The smallest absolute Gasteiger partial charge is 0.148 e. The van der Waals surface area contributed by atoms with Gasteiger partial charge in [0, 0.05) is 47.2 Å². The number of aliphatic imine (C=N–C) groups is 1. The van der Waals surface area contributed by atoms with Crippen LogP contribution in [0.15, 0.2) is 57.5 Å². The molecule has 160 valence electrons. The van der Waals surface area contributed by atoms with Gasteiger partial charge in [-0.3, -0.25) is 14.9 Å². The van der Waals surface area contributed by atoms with Crippen LogP contribution in [-0.4, -0.2) is 52.7 Å². The molecule has 1 atom stereocenters. The molecule has 7 heteroatoms. The summed E-state index contributed by atoms with van der Waals surface area (Å²) in [6.45, 7) is 7.46. The lowest BCUT2D eigenvalue weighted by Gasteiger charge is -2.39. The lowest BCUT2D eigenvalue weighted by molar-refractivity contribution is 0.133. The number of likely N-dealkylation sites (tertiary alicyclic amines) is 1. The number of aromatic nitrogens is 1. The second-order valence-electron chi connectivity index (χ2n) is 8.33. The van der Waals surface area contributed by atoms with Gasteiger partial charge in [-0.1, -0.05) is 25.5 Å². The number of halogens is 1. The van der Waals surface area contributed by atoms with Crippen LogP contribution in [0.25, 0.3) is 0 Å². The van der Waals surface area contributed by atoms with Crippen LogP contribution < -0.4 is 5.32 Å². The highest BCUT2D eigenvalue weighted by molar-refractivity contribution is 9.12. The molecule has 1 aliphatic carbocycles. The molecule has 4 rings (SSSR count). The molecule has 1 saturated carbocycles. The van der Waals surface area contributed by atoms with Crippen molar-refractivity contribution >= 4 is 28.0 Å². The Morgan fingerprint density at radius 2 is 2.17 bits per heavy atom. The zero-order valence-electron chi connectivity index (χ0n) is 17.5. The van der Waals surface area contributed by atoms with Gasteiger partial charge in [0.15, 0.2) is 0 Å². The number of pyridine rings is 1. The number of allylic oxidation sites excluding steroid dienone is 1. The Morgan fingerprint density at radius 3 is 2.93 bits per heavy atom. The van der Waals surface area contributed by atoms with E-state index < -0.39 is 0 Å². The summed E-state index contributed by atoms with van der Waals surface area (Å²) in [6.07, 6.45) is 15.6. The van der Waals surface area contributed by atoms with Crippen LogP contribution in [0.5, 0.6) is 0 Å². The number of hydrogen-bond donors (Lipinski definition) is 1. The van der Waals surface area contributed by atoms with E-state index in [-0.39, 0.29) is 0 Å². The fraction of sp³-hybridized carbons (Fsp3) is 0.522. The molecule has 6 nitrogen and oxygen atoms in total. The molecular formula is C23H31BrN6. The van der Waals surface area contributed by atoms with Crippen LogP contribution in [0.3, 0.4) is 0 Å². The van der Waals surface area contributed by atoms with Crippen LogP contribution in [0.2, 0.25) is 0 Å². The Balaban J connectivity index is 1.51. The summed E-state index contributed by atoms with van der Waals surface area (Å²) in [6, 6.07) is 4.79. The summed E-state index contributed by atoms with van der Waals surface area (Å²) >= 11 is 3.35. The zero-order chi connectivity index (χ0) is 20.8. The van der Waals surface area contributed by atoms with E-state index in [1.165, 1.54) is 50.8 Å². The van der Waals surface area contributed by atoms with E-state index in [1.54, 1.807) is 12.4 Å². The highest BCUT2D eigenvalue weighted by Crippen LogP contribution is 2.30. The molecule has 0 amide bonds. The van der Waals surface area contributed by atoms with Gasteiger partial charge in [-0.15, -0.1) is 0 Å². The monoisotopic (exact) mass is 470 g/mol. The molecule has 2 fully saturated rings. The predicted octanol–water partition coefficient (Wildman–Crippen LogP) is 4.28. The second-order valence-corrected chi connectivity index (χ2v) is 9.35. The first kappa shape index (κ1) is 21.2. The molecule has 1 saturated heterocycles. The summed E-state index contributed by atoms with van der Waals surface area (Å²) in [7, 11) is 0. The minimum atomic E-state index is 0.542. The van der Waals surface area contributed by atoms with Gasteiger partial charge >= 0.3 is 0 Å². The van der Waals surface area contributed by atoms with E-state index in [0.717, 1.165) is 28.5 Å². The standard InChI is InChI=1S/C23H31BrN6/c1-18(24)13-28-30-17-27-22(12-23(30)26-15-19-6-4-10-25-14-19)20-7-5-11-29(16-20)21-8-2-3-9-21/h4,6,10,12-14,20-21,27H,1-3,5,7-9,11,15-17H2/b26-23?,28-13-. The molecule has 0 aromatic carbocycles. The van der Waals surface area contributed by atoms with E-state index in [4.69, 9.17) is 4.99 Å². The average molecular weight is 471 g/mol. The van der Waals surface area contributed by atoms with Crippen molar-refractivity contribution in [1.29, 1.82) is 0 Å². The Labute approximate surface area is 188 Å². The molecule has 1 aromatic rings. The van der Waals surface area contributed by atoms with Gasteiger partial charge in [-0.2, -0.15) is 5.10 Å². The van der Waals surface area contributed by atoms with Gasteiger partial charge in [0.2, 0.25) is 0 Å². The van der Waals surface area contributed by atoms with Crippen molar-refractivity contribution in [2.75, 3.05) is 19.8 Å². The van der Waals surface area contributed by atoms with Gasteiger partial charge in [-0.05, 0) is 59.8 Å². The number of nitrogens with one attached hydrogen (secondary N) is 1. The topological polar surface area (TPSA) is 56.1 Å². The second kappa shape index (κ2) is 10.4. The predicted molar refractivity (Wildman–Crippen MR) is 126 cm³/mol. The Bertz CT molecular complexity index is 812. The Kier molecular flexibility index (Phi) is 7.33. The molecule has 2 aliphatic heterocycles. The van der Waals surface area contributed by atoms with Crippen LogP contribution in [0.4, 0.5) is 0 Å². The number of rotatable bonds is 6. The van der Waals surface area contributed by atoms with Crippen molar-refractivity contribution in [3.05, 3.63) is 52.9 Å². The number of piperidine rings is 1. The minimum absolute atomic E-state index is 0.542. The molecule has 3 heterocycles. The number of nitrogens with zero attached hydrogens (tertiary/aromatic N) is 5. The first-order chi connectivity index (χ1) is 14.7. The fourth-order valence-electron chi connectivity index (χ4n) is 4.66. The zero-order valence-corrected chi connectivity index (χ0v) is 19.1. The van der Waals surface area contributed by atoms with Crippen LogP contribution in [-0.2, 0) is 6.54 Å². The summed E-state index contributed by atoms with van der Waals surface area (Å²) in [5, 5.41) is 10.0. The largest absolute Gasteiger partial charge is 0.369 e. The highest BCUT2D eigenvalue weighted by Gasteiger charge is 2.31. The number of amidine groups is 1. The van der Waals surface area contributed by atoms with Crippen LogP contribution >= 0.6 is 15.9 Å². The van der Waals surface area contributed by atoms with Crippen LogP contribution in [0.1, 0.15) is 44.1 Å². The van der Waals surface area contributed by atoms with Crippen molar-refractivity contribution in [2.24, 2.45) is 16.0 Å². The van der Waals surface area contributed by atoms with E-state index in [9.17, 15) is 0 Å². The van der Waals surface area contributed by atoms with E-state index in [2.05, 4.69) is 55.0 Å². The third-order valence-corrected chi connectivity index (χ3v) is 6.40. The van der Waals surface area contributed by atoms with Crippen molar-refractivity contribution in [3.63, 3.8) is 0 Å². The van der Waals surface area contributed by atoms with Crippen molar-refractivity contribution in [3.8, 4) is 0 Å². The minimum Gasteiger partial charge on any atom is -0.369 e. The Hall–Kier alpha value is -1.99. The molecular weight excluding hydrogens is 440 g/mol. The first-order valence-electron chi connectivity index (χ1n) is 11.0. The molecule has 1 aromatic heterocycles. The van der Waals surface area contributed by atoms with E-state index in [0.29, 0.717) is 19.1 Å². The molecule has 1 N–H and O–H groups in total. The SMILES string of the molecule is C=C(Br)/C=N\N1CNC(C2CCCN(C3CCCC3)C2)=CC1=NCc1cccnc1. The lowest BCUT2D eigenvalue weighted by atomic mass is 9.92. The first-order valence-corrected chi connectivity index (χ1v) is 11.8. The van der Waals surface area contributed by atoms with E-state index in [1.807, 2.05) is 17.3 Å². The molecule has 0 radical (unpaired) electrons. The maximum atomic E-state index is 4.87. The van der Waals surface area contributed by atoms with Crippen molar-refractivity contribution < 1.29 is 0 Å². The average Bonchev–Trinajstić information content (AvgIpc) is 3.32. The summed E-state index contributed by atoms with van der Waals surface area (Å²) in [4.78, 5) is 11.8. The van der Waals surface area contributed by atoms with E-state index >= 15 is 0 Å². The van der Waals surface area contributed by atoms with Gasteiger partial charge in [0.05, 0.1) is 12.8 Å². The van der Waals surface area contributed by atoms with Crippen molar-refractivity contribution in [1.82, 2.24) is 20.2 Å². The normalized spacial score (nSPS) is 25.0. The molecule has 0 spiro atoms. The maximum Gasteiger partial charge on any atom is 0.148 e. The van der Waals surface area contributed by atoms with Gasteiger partial charge in [0.25, 0.3) is 0 Å². The highest BCUT2D eigenvalue weighted by atomic mass is 79.9.